The van der Waals surface area contributed by atoms with Gasteiger partial charge in [0, 0.05) is 12.2 Å². The standard InChI is InChI=1S/C20H27N7O3S/c1-31(29,30)26(10-11-28)18-9-8-17(14-21-18)27(16-6-4-2-3-5-7-16)20-22-12-15-13-23-25-19(15)24-20/h8-9,12-14,16,28H,2-7,10-11H2,1H3,(H,22,23,24,25). The molecule has 0 unspecified atom stereocenters. The van der Waals surface area contributed by atoms with Gasteiger partial charge in [0.15, 0.2) is 5.65 Å². The molecule has 11 heteroatoms. The number of hydrogen-bond acceptors (Lipinski definition) is 8. The fourth-order valence-electron chi connectivity index (χ4n) is 4.06. The van der Waals surface area contributed by atoms with Gasteiger partial charge in [0.1, 0.15) is 5.82 Å². The summed E-state index contributed by atoms with van der Waals surface area (Å²) in [6.07, 6.45) is 12.9. The predicted octanol–water partition coefficient (Wildman–Crippen LogP) is 2.37. The lowest BCUT2D eigenvalue weighted by molar-refractivity contribution is 0.306. The second-order valence-electron chi connectivity index (χ2n) is 7.79. The van der Waals surface area contributed by atoms with Gasteiger partial charge in [-0.05, 0) is 25.0 Å². The molecule has 3 aromatic rings. The maximum absolute atomic E-state index is 12.1. The minimum Gasteiger partial charge on any atom is -0.394 e. The number of pyridine rings is 1. The molecule has 0 saturated heterocycles. The molecule has 0 bridgehead atoms. The van der Waals surface area contributed by atoms with E-state index in [1.54, 1.807) is 24.7 Å². The molecular weight excluding hydrogens is 418 g/mol. The fraction of sp³-hybridized carbons (Fsp3) is 0.500. The van der Waals surface area contributed by atoms with Crippen LogP contribution in [0.25, 0.3) is 11.0 Å². The van der Waals surface area contributed by atoms with Gasteiger partial charge in [0.2, 0.25) is 16.0 Å². The van der Waals surface area contributed by atoms with E-state index < -0.39 is 10.0 Å². The summed E-state index contributed by atoms with van der Waals surface area (Å²) in [4.78, 5) is 15.7. The van der Waals surface area contributed by atoms with Gasteiger partial charge in [-0.1, -0.05) is 25.7 Å². The van der Waals surface area contributed by atoms with Crippen LogP contribution in [0.2, 0.25) is 0 Å². The number of nitrogens with zero attached hydrogens (tertiary/aromatic N) is 6. The van der Waals surface area contributed by atoms with Crippen LogP contribution in [0.1, 0.15) is 38.5 Å². The van der Waals surface area contributed by atoms with Crippen LogP contribution in [0, 0.1) is 0 Å². The first-order valence-electron chi connectivity index (χ1n) is 10.5. The number of aromatic nitrogens is 5. The molecular formula is C20H27N7O3S. The zero-order valence-corrected chi connectivity index (χ0v) is 18.3. The van der Waals surface area contributed by atoms with Gasteiger partial charge in [-0.25, -0.2) is 18.4 Å². The van der Waals surface area contributed by atoms with Crippen LogP contribution < -0.4 is 9.21 Å². The van der Waals surface area contributed by atoms with Crippen molar-refractivity contribution in [3.63, 3.8) is 0 Å². The summed E-state index contributed by atoms with van der Waals surface area (Å²) in [5.41, 5.74) is 1.46. The lowest BCUT2D eigenvalue weighted by Gasteiger charge is -2.31. The van der Waals surface area contributed by atoms with Gasteiger partial charge in [-0.2, -0.15) is 10.1 Å². The lowest BCUT2D eigenvalue weighted by Crippen LogP contribution is -2.34. The summed E-state index contributed by atoms with van der Waals surface area (Å²) in [6, 6.07) is 3.72. The first-order chi connectivity index (χ1) is 15.0. The molecule has 166 valence electrons. The monoisotopic (exact) mass is 445 g/mol. The molecule has 1 aliphatic rings. The second-order valence-corrected chi connectivity index (χ2v) is 9.70. The number of aliphatic hydroxyl groups is 1. The Labute approximate surface area is 181 Å². The summed E-state index contributed by atoms with van der Waals surface area (Å²) in [5, 5.41) is 17.0. The summed E-state index contributed by atoms with van der Waals surface area (Å²) < 4.78 is 25.3. The molecule has 0 aromatic carbocycles. The molecule has 0 spiro atoms. The number of H-pyrrole nitrogens is 1. The van der Waals surface area contributed by atoms with E-state index in [0.29, 0.717) is 11.6 Å². The van der Waals surface area contributed by atoms with Crippen LogP contribution in [-0.4, -0.2) is 64.1 Å². The molecule has 0 radical (unpaired) electrons. The Hall–Kier alpha value is -2.79. The van der Waals surface area contributed by atoms with Gasteiger partial charge in [-0.3, -0.25) is 9.40 Å². The fourth-order valence-corrected chi connectivity index (χ4v) is 4.92. The van der Waals surface area contributed by atoms with E-state index in [9.17, 15) is 13.5 Å². The van der Waals surface area contributed by atoms with Crippen LogP contribution in [0.5, 0.6) is 0 Å². The van der Waals surface area contributed by atoms with Crippen LogP contribution in [0.3, 0.4) is 0 Å². The first-order valence-corrected chi connectivity index (χ1v) is 12.3. The smallest absolute Gasteiger partial charge is 0.233 e. The van der Waals surface area contributed by atoms with Crippen LogP contribution in [0.15, 0.2) is 30.7 Å². The van der Waals surface area contributed by atoms with Crippen molar-refractivity contribution in [1.82, 2.24) is 25.1 Å². The Morgan fingerprint density at radius 2 is 1.87 bits per heavy atom. The van der Waals surface area contributed by atoms with E-state index in [1.165, 1.54) is 12.8 Å². The van der Waals surface area contributed by atoms with E-state index in [1.807, 2.05) is 6.07 Å². The summed E-state index contributed by atoms with van der Waals surface area (Å²) >= 11 is 0. The van der Waals surface area contributed by atoms with Gasteiger partial charge in [0.25, 0.3) is 0 Å². The van der Waals surface area contributed by atoms with Crippen molar-refractivity contribution in [3.8, 4) is 0 Å². The molecule has 2 N–H and O–H groups in total. The van der Waals surface area contributed by atoms with Crippen molar-refractivity contribution in [3.05, 3.63) is 30.7 Å². The number of nitrogens with one attached hydrogen (secondary N) is 1. The lowest BCUT2D eigenvalue weighted by atomic mass is 10.1. The highest BCUT2D eigenvalue weighted by molar-refractivity contribution is 7.92. The Morgan fingerprint density at radius 3 is 2.52 bits per heavy atom. The van der Waals surface area contributed by atoms with Crippen LogP contribution >= 0.6 is 0 Å². The Bertz CT molecular complexity index is 1110. The SMILES string of the molecule is CS(=O)(=O)N(CCO)c1ccc(N(c2ncc3cn[nH]c3n2)C2CCCCCC2)cn1. The van der Waals surface area contributed by atoms with Gasteiger partial charge < -0.3 is 10.0 Å². The highest BCUT2D eigenvalue weighted by Gasteiger charge is 2.26. The van der Waals surface area contributed by atoms with Crippen molar-refractivity contribution in [2.24, 2.45) is 0 Å². The minimum absolute atomic E-state index is 0.0445. The number of anilines is 3. The largest absolute Gasteiger partial charge is 0.394 e. The molecule has 0 atom stereocenters. The molecule has 3 aromatic heterocycles. The Kier molecular flexibility index (Phi) is 6.33. The summed E-state index contributed by atoms with van der Waals surface area (Å²) in [7, 11) is -3.55. The molecule has 1 fully saturated rings. The number of sulfonamides is 1. The van der Waals surface area contributed by atoms with Crippen molar-refractivity contribution in [2.45, 2.75) is 44.6 Å². The molecule has 1 aliphatic carbocycles. The number of rotatable bonds is 7. The van der Waals surface area contributed by atoms with Crippen LogP contribution in [0.4, 0.5) is 17.5 Å². The van der Waals surface area contributed by atoms with Crippen molar-refractivity contribution in [1.29, 1.82) is 0 Å². The van der Waals surface area contributed by atoms with E-state index >= 15 is 0 Å². The average molecular weight is 446 g/mol. The predicted molar refractivity (Wildman–Crippen MR) is 119 cm³/mol. The van der Waals surface area contributed by atoms with Crippen molar-refractivity contribution in [2.75, 3.05) is 28.6 Å². The number of aromatic amines is 1. The Morgan fingerprint density at radius 1 is 1.10 bits per heavy atom. The zero-order chi connectivity index (χ0) is 21.8. The van der Waals surface area contributed by atoms with E-state index in [0.717, 1.165) is 47.3 Å². The van der Waals surface area contributed by atoms with E-state index in [2.05, 4.69) is 30.0 Å². The third-order valence-electron chi connectivity index (χ3n) is 5.55. The molecule has 0 amide bonds. The number of fused-ring (bicyclic) bond motifs is 1. The number of aliphatic hydroxyl groups excluding tert-OH is 1. The summed E-state index contributed by atoms with van der Waals surface area (Å²) in [6.45, 7) is -0.333. The molecule has 4 rings (SSSR count). The average Bonchev–Trinajstić information content (AvgIpc) is 3.06. The molecule has 1 saturated carbocycles. The molecule has 3 heterocycles. The third kappa shape index (κ3) is 4.77. The first kappa shape index (κ1) is 21.4. The number of hydrogen-bond donors (Lipinski definition) is 2. The van der Waals surface area contributed by atoms with Gasteiger partial charge in [0.05, 0.1) is 42.9 Å². The molecule has 31 heavy (non-hydrogen) atoms. The Balaban J connectivity index is 1.72. The third-order valence-corrected chi connectivity index (χ3v) is 6.72. The quantitative estimate of drug-likeness (QED) is 0.531. The maximum Gasteiger partial charge on any atom is 0.233 e. The second kappa shape index (κ2) is 9.15. The highest BCUT2D eigenvalue weighted by Crippen LogP contribution is 2.32. The van der Waals surface area contributed by atoms with Crippen LogP contribution in [-0.2, 0) is 10.0 Å². The van der Waals surface area contributed by atoms with E-state index in [-0.39, 0.29) is 25.0 Å². The van der Waals surface area contributed by atoms with Crippen molar-refractivity contribution >= 4 is 38.5 Å². The minimum atomic E-state index is -3.55. The topological polar surface area (TPSA) is 128 Å². The normalized spacial score (nSPS) is 15.7. The summed E-state index contributed by atoms with van der Waals surface area (Å²) in [5.74, 6) is 0.833. The molecule has 0 aliphatic heterocycles. The van der Waals surface area contributed by atoms with Gasteiger partial charge >= 0.3 is 0 Å². The zero-order valence-electron chi connectivity index (χ0n) is 17.5. The highest BCUT2D eigenvalue weighted by atomic mass is 32.2. The maximum atomic E-state index is 12.1. The molecule has 10 nitrogen and oxygen atoms in total. The van der Waals surface area contributed by atoms with Crippen molar-refractivity contribution < 1.29 is 13.5 Å². The van der Waals surface area contributed by atoms with Gasteiger partial charge in [-0.15, -0.1) is 0 Å². The van der Waals surface area contributed by atoms with E-state index in [4.69, 9.17) is 0 Å².